The molecule has 3 N–H and O–H groups in total. The number of fused-ring (bicyclic) bond motifs is 1. The third-order valence-corrected chi connectivity index (χ3v) is 4.18. The van der Waals surface area contributed by atoms with Crippen molar-refractivity contribution >= 4 is 28.6 Å². The number of aliphatic carboxylic acids is 1. The number of carbonyl (C=O) groups is 3. The Morgan fingerprint density at radius 1 is 1.00 bits per heavy atom. The summed E-state index contributed by atoms with van der Waals surface area (Å²) in [5, 5.41) is 16.7. The fraction of sp³-hybridized carbons (Fsp3) is 0.350. The van der Waals surface area contributed by atoms with Crippen LogP contribution in [0.2, 0.25) is 0 Å². The van der Waals surface area contributed by atoms with E-state index < -0.39 is 24.0 Å². The second-order valence-corrected chi connectivity index (χ2v) is 6.71. The van der Waals surface area contributed by atoms with Crippen molar-refractivity contribution in [2.75, 3.05) is 0 Å². The molecule has 2 atom stereocenters. The number of carboxylic acid groups (broad SMARTS) is 1. The van der Waals surface area contributed by atoms with Gasteiger partial charge in [-0.1, -0.05) is 56.3 Å². The molecule has 6 nitrogen and oxygen atoms in total. The van der Waals surface area contributed by atoms with E-state index in [1.165, 1.54) is 6.92 Å². The Hall–Kier alpha value is -2.89. The van der Waals surface area contributed by atoms with Crippen molar-refractivity contribution in [3.63, 3.8) is 0 Å². The Labute approximate surface area is 152 Å². The lowest BCUT2D eigenvalue weighted by atomic mass is 10.00. The molecule has 0 spiro atoms. The highest BCUT2D eigenvalue weighted by molar-refractivity contribution is 5.90. The summed E-state index contributed by atoms with van der Waals surface area (Å²) >= 11 is 0. The van der Waals surface area contributed by atoms with Crippen molar-refractivity contribution < 1.29 is 19.5 Å². The van der Waals surface area contributed by atoms with E-state index in [0.717, 1.165) is 16.3 Å². The molecule has 0 heterocycles. The number of benzene rings is 2. The molecule has 2 aromatic rings. The zero-order valence-electron chi connectivity index (χ0n) is 15.2. The predicted molar refractivity (Wildman–Crippen MR) is 99.7 cm³/mol. The SMILES string of the molecule is CC(=O)N[C@@H](C(=O)N[C@H](Cc1ccc2ccccc2c1)C(=O)O)C(C)C. The van der Waals surface area contributed by atoms with Crippen molar-refractivity contribution in [2.24, 2.45) is 5.92 Å². The minimum absolute atomic E-state index is 0.158. The highest BCUT2D eigenvalue weighted by Crippen LogP contribution is 2.17. The van der Waals surface area contributed by atoms with Gasteiger partial charge in [0.05, 0.1) is 0 Å². The molecule has 0 bridgehead atoms. The van der Waals surface area contributed by atoms with E-state index in [0.29, 0.717) is 0 Å². The maximum atomic E-state index is 12.4. The van der Waals surface area contributed by atoms with Crippen LogP contribution >= 0.6 is 0 Å². The maximum Gasteiger partial charge on any atom is 0.326 e. The minimum atomic E-state index is -1.11. The molecule has 0 fully saturated rings. The minimum Gasteiger partial charge on any atom is -0.480 e. The molecule has 0 unspecified atom stereocenters. The van der Waals surface area contributed by atoms with Crippen LogP contribution < -0.4 is 10.6 Å². The van der Waals surface area contributed by atoms with Gasteiger partial charge in [0.2, 0.25) is 11.8 Å². The standard InChI is InChI=1S/C20H24N2O4/c1-12(2)18(21-13(3)23)19(24)22-17(20(25)26)11-14-8-9-15-6-4-5-7-16(15)10-14/h4-10,12,17-18H,11H2,1-3H3,(H,21,23)(H,22,24)(H,25,26)/t17-,18-/m1/s1. The zero-order chi connectivity index (χ0) is 19.3. The van der Waals surface area contributed by atoms with Gasteiger partial charge in [-0.15, -0.1) is 0 Å². The van der Waals surface area contributed by atoms with Crippen LogP contribution in [0.4, 0.5) is 0 Å². The van der Waals surface area contributed by atoms with Gasteiger partial charge in [-0.3, -0.25) is 9.59 Å². The van der Waals surface area contributed by atoms with Crippen molar-refractivity contribution in [3.8, 4) is 0 Å². The van der Waals surface area contributed by atoms with Gasteiger partial charge in [0, 0.05) is 13.3 Å². The number of hydrogen-bond donors (Lipinski definition) is 3. The van der Waals surface area contributed by atoms with Crippen LogP contribution in [0, 0.1) is 5.92 Å². The number of carboxylic acids is 1. The van der Waals surface area contributed by atoms with Crippen molar-refractivity contribution in [3.05, 3.63) is 48.0 Å². The van der Waals surface area contributed by atoms with Crippen LogP contribution in [0.15, 0.2) is 42.5 Å². The van der Waals surface area contributed by atoms with E-state index in [9.17, 15) is 19.5 Å². The molecule has 0 saturated carbocycles. The summed E-state index contributed by atoms with van der Waals surface area (Å²) < 4.78 is 0. The average Bonchev–Trinajstić information content (AvgIpc) is 2.58. The first-order valence-electron chi connectivity index (χ1n) is 8.56. The van der Waals surface area contributed by atoms with Gasteiger partial charge in [0.1, 0.15) is 12.1 Å². The monoisotopic (exact) mass is 356 g/mol. The van der Waals surface area contributed by atoms with Crippen LogP contribution in [0.3, 0.4) is 0 Å². The van der Waals surface area contributed by atoms with Crippen LogP contribution in [0.25, 0.3) is 10.8 Å². The van der Waals surface area contributed by atoms with Crippen molar-refractivity contribution in [1.82, 2.24) is 10.6 Å². The zero-order valence-corrected chi connectivity index (χ0v) is 15.2. The first-order valence-corrected chi connectivity index (χ1v) is 8.56. The Morgan fingerprint density at radius 3 is 2.23 bits per heavy atom. The Balaban J connectivity index is 2.15. The molecule has 0 radical (unpaired) electrons. The van der Waals surface area contributed by atoms with E-state index in [4.69, 9.17) is 0 Å². The molecule has 138 valence electrons. The fourth-order valence-electron chi connectivity index (χ4n) is 2.82. The first-order chi connectivity index (χ1) is 12.3. The average molecular weight is 356 g/mol. The highest BCUT2D eigenvalue weighted by atomic mass is 16.4. The van der Waals surface area contributed by atoms with E-state index in [-0.39, 0.29) is 18.2 Å². The molecule has 2 aromatic carbocycles. The summed E-state index contributed by atoms with van der Waals surface area (Å²) in [6.45, 7) is 4.91. The quantitative estimate of drug-likeness (QED) is 0.708. The molecule has 0 aliphatic carbocycles. The summed E-state index contributed by atoms with van der Waals surface area (Å²) in [5.41, 5.74) is 0.817. The summed E-state index contributed by atoms with van der Waals surface area (Å²) in [7, 11) is 0. The van der Waals surface area contributed by atoms with Gasteiger partial charge in [-0.05, 0) is 22.3 Å². The lowest BCUT2D eigenvalue weighted by molar-refractivity contribution is -0.142. The molecule has 2 rings (SSSR count). The molecule has 0 aliphatic heterocycles. The van der Waals surface area contributed by atoms with Crippen molar-refractivity contribution in [2.45, 2.75) is 39.3 Å². The molecular formula is C20H24N2O4. The first kappa shape index (κ1) is 19.4. The summed E-state index contributed by atoms with van der Waals surface area (Å²) in [4.78, 5) is 35.4. The molecule has 6 heteroatoms. The molecule has 0 saturated heterocycles. The Morgan fingerprint density at radius 2 is 1.65 bits per heavy atom. The largest absolute Gasteiger partial charge is 0.480 e. The summed E-state index contributed by atoms with van der Waals surface area (Å²) in [5.74, 6) is -2.10. The number of carbonyl (C=O) groups excluding carboxylic acids is 2. The number of nitrogens with one attached hydrogen (secondary N) is 2. The molecule has 0 aromatic heterocycles. The van der Waals surface area contributed by atoms with Gasteiger partial charge >= 0.3 is 5.97 Å². The second-order valence-electron chi connectivity index (χ2n) is 6.71. The normalized spacial score (nSPS) is 13.2. The van der Waals surface area contributed by atoms with Crippen molar-refractivity contribution in [1.29, 1.82) is 0 Å². The lowest BCUT2D eigenvalue weighted by Crippen LogP contribution is -2.53. The predicted octanol–water partition coefficient (Wildman–Crippen LogP) is 2.11. The van der Waals surface area contributed by atoms with Crippen LogP contribution in [0.5, 0.6) is 0 Å². The van der Waals surface area contributed by atoms with E-state index in [1.807, 2.05) is 42.5 Å². The Bertz CT molecular complexity index is 816. The van der Waals surface area contributed by atoms with Gasteiger partial charge in [0.25, 0.3) is 0 Å². The third-order valence-electron chi connectivity index (χ3n) is 4.18. The number of amides is 2. The van der Waals surface area contributed by atoms with E-state index in [2.05, 4.69) is 10.6 Å². The molecule has 2 amide bonds. The highest BCUT2D eigenvalue weighted by Gasteiger charge is 2.28. The van der Waals surface area contributed by atoms with Gasteiger partial charge in [0.15, 0.2) is 0 Å². The van der Waals surface area contributed by atoms with Gasteiger partial charge in [-0.25, -0.2) is 4.79 Å². The molecular weight excluding hydrogens is 332 g/mol. The van der Waals surface area contributed by atoms with Crippen LogP contribution in [-0.2, 0) is 20.8 Å². The Kier molecular flexibility index (Phi) is 6.33. The number of rotatable bonds is 7. The smallest absolute Gasteiger partial charge is 0.326 e. The van der Waals surface area contributed by atoms with Crippen LogP contribution in [-0.4, -0.2) is 35.0 Å². The topological polar surface area (TPSA) is 95.5 Å². The van der Waals surface area contributed by atoms with Crippen LogP contribution in [0.1, 0.15) is 26.3 Å². The molecule has 0 aliphatic rings. The fourth-order valence-corrected chi connectivity index (χ4v) is 2.82. The van der Waals surface area contributed by atoms with Gasteiger partial charge < -0.3 is 15.7 Å². The third kappa shape index (κ3) is 5.05. The van der Waals surface area contributed by atoms with Gasteiger partial charge in [-0.2, -0.15) is 0 Å². The second kappa shape index (κ2) is 8.47. The van der Waals surface area contributed by atoms with E-state index >= 15 is 0 Å². The maximum absolute atomic E-state index is 12.4. The molecule has 26 heavy (non-hydrogen) atoms. The lowest BCUT2D eigenvalue weighted by Gasteiger charge is -2.23. The summed E-state index contributed by atoms with van der Waals surface area (Å²) in [6, 6.07) is 11.7. The summed E-state index contributed by atoms with van der Waals surface area (Å²) in [6.07, 6.45) is 0.163. The van der Waals surface area contributed by atoms with E-state index in [1.54, 1.807) is 13.8 Å². The number of hydrogen-bond acceptors (Lipinski definition) is 3.